The van der Waals surface area contributed by atoms with Crippen LogP contribution in [0.1, 0.15) is 13.8 Å². The van der Waals surface area contributed by atoms with Crippen LogP contribution in [-0.4, -0.2) is 643 Å². The summed E-state index contributed by atoms with van der Waals surface area (Å²) in [7, 11) is 0. The lowest BCUT2D eigenvalue weighted by atomic mass is 9.94. The fraction of sp³-hybridized carbons (Fsp3) is 0.974. The summed E-state index contributed by atoms with van der Waals surface area (Å²) in [6.07, 6.45) is -130. The van der Waals surface area contributed by atoms with Gasteiger partial charge in [-0.3, -0.25) is 9.59 Å². The molecule has 0 aromatic carbocycles. The molecule has 0 saturated carbocycles. The molecule has 12 heterocycles. The van der Waals surface area contributed by atoms with Gasteiger partial charge in [0.05, 0.1) is 79.3 Å². The van der Waals surface area contributed by atoms with Crippen LogP contribution >= 0.6 is 0 Å². The molecule has 63 nitrogen and oxygen atoms in total. The predicted molar refractivity (Wildman–Crippen MR) is 418 cm³/mol. The molecular formula is C76H128N2O61. The minimum absolute atomic E-state index is 0.840. The molecule has 0 spiro atoms. The first-order chi connectivity index (χ1) is 65.9. The molecule has 38 N–H and O–H groups in total. The number of hydrogen-bond donors (Lipinski definition) is 38. The molecule has 0 radical (unpaired) electrons. The van der Waals surface area contributed by atoms with Gasteiger partial charge in [0.2, 0.25) is 11.8 Å². The second kappa shape index (κ2) is 49.8. The van der Waals surface area contributed by atoms with Crippen molar-refractivity contribution < 1.29 is 302 Å². The van der Waals surface area contributed by atoms with Gasteiger partial charge >= 0.3 is 0 Å². The van der Waals surface area contributed by atoms with E-state index in [1.165, 1.54) is 0 Å². The van der Waals surface area contributed by atoms with Crippen molar-refractivity contribution in [2.45, 2.75) is 382 Å². The molecule has 60 atom stereocenters. The maximum Gasteiger partial charge on any atom is 0.217 e. The Morgan fingerprint density at radius 3 is 0.734 bits per heavy atom. The van der Waals surface area contributed by atoms with E-state index >= 15 is 0 Å². The number of carbonyl (C=O) groups is 2. The molecule has 12 aliphatic rings. The average Bonchev–Trinajstić information content (AvgIpc) is 0.763. The molecule has 12 rings (SSSR count). The molecule has 12 saturated heterocycles. The third-order valence-electron chi connectivity index (χ3n) is 25.9. The number of aliphatic hydroxyl groups excluding tert-OH is 36. The Balaban J connectivity index is 0.905. The molecule has 12 aliphatic heterocycles. The fourth-order valence-corrected chi connectivity index (χ4v) is 17.9. The summed E-state index contributed by atoms with van der Waals surface area (Å²) < 4.78 is 136. The predicted octanol–water partition coefficient (Wildman–Crippen LogP) is -26.9. The minimum atomic E-state index is -2.75. The highest BCUT2D eigenvalue weighted by Gasteiger charge is 2.63. The lowest BCUT2D eigenvalue weighted by Crippen LogP contribution is -2.70. The molecule has 2 amide bonds. The van der Waals surface area contributed by atoms with Gasteiger partial charge in [0.1, 0.15) is 293 Å². The molecule has 0 aromatic rings. The highest BCUT2D eigenvalue weighted by Crippen LogP contribution is 2.43. The van der Waals surface area contributed by atoms with E-state index in [1.54, 1.807) is 0 Å². The summed E-state index contributed by atoms with van der Waals surface area (Å²) >= 11 is 0. The Morgan fingerprint density at radius 2 is 0.396 bits per heavy atom. The number of aliphatic hydroxyl groups is 36. The van der Waals surface area contributed by atoms with Gasteiger partial charge in [-0.2, -0.15) is 0 Å². The Bertz CT molecular complexity index is 3730. The first-order valence-corrected chi connectivity index (χ1v) is 44.2. The maximum absolute atomic E-state index is 13.2. The van der Waals surface area contributed by atoms with Crippen LogP contribution in [0, 0.1) is 0 Å². The molecule has 808 valence electrons. The fourth-order valence-electron chi connectivity index (χ4n) is 17.9. The summed E-state index contributed by atoms with van der Waals surface area (Å²) in [5.74, 6) is -1.86. The molecule has 12 fully saturated rings. The molecule has 12 unspecified atom stereocenters. The number of ether oxygens (including phenoxy) is 23. The zero-order valence-corrected chi connectivity index (χ0v) is 73.4. The van der Waals surface area contributed by atoms with Gasteiger partial charge in [-0.1, -0.05) is 0 Å². The van der Waals surface area contributed by atoms with E-state index in [0.717, 1.165) is 13.8 Å². The quantitative estimate of drug-likeness (QED) is 0.0277. The monoisotopic (exact) mass is 2040 g/mol. The largest absolute Gasteiger partial charge is 0.394 e. The third kappa shape index (κ3) is 24.5. The smallest absolute Gasteiger partial charge is 0.217 e. The van der Waals surface area contributed by atoms with Gasteiger partial charge in [0.15, 0.2) is 75.5 Å². The molecule has 0 aromatic heterocycles. The van der Waals surface area contributed by atoms with Crippen LogP contribution in [0.5, 0.6) is 0 Å². The van der Waals surface area contributed by atoms with Crippen molar-refractivity contribution in [1.82, 2.24) is 10.6 Å². The van der Waals surface area contributed by atoms with Gasteiger partial charge in [0, 0.05) is 13.8 Å². The van der Waals surface area contributed by atoms with Crippen LogP contribution in [0.3, 0.4) is 0 Å². The summed E-state index contributed by atoms with van der Waals surface area (Å²) in [6, 6.07) is -3.77. The standard InChI is InChI=1S/C76H128N2O61/c1-15(89)77-29-41(101)56(25(11-87)119-65(29)116)131-66-30(78-16(2)90)42(102)57(26(12-88)128-66)132-72-55(115)60(135-75-64(49(109)37(97)22(8-84)126-75)139-76-63(48(108)36(96)23(9-85)127-76)138-71-54(114)58(38(98)24(10-86)123-71)133-68-50(110)43(103)31(91)17(3-79)120-68)40(100)28(130-72)13-117-67-53(113)59(134-74-62(47(107)35(95)21(7-83)125-74)137-70-52(112)45(105)33(93)19(5-81)122-70)39(99)27(129-67)14-118-73-61(46(106)34(94)20(6-82)124-73)136-69-51(111)44(104)32(92)18(4-80)121-69/h17-76,79-88,91-116H,3-14H2,1-2H3,(H,77,89)(H,78,90)/t17-,18-,19-,20-,21-,22-,23-,24-,25-,26-,27-,28-,29-,30-,31-,32-,33-,34-,35-,36-,37-,38-,39-,40-,41-,42-,43+,44+,45+,46+,47+,48+,49+,50-,51+,52+,53+,54+,55+,56-,57-,58+,59+,60+,61+,62+,63+,64+,65?,66?,67?,68?,69?,70?,71?,72?,73?,74?,75?,76?/m1/s1. The highest BCUT2D eigenvalue weighted by molar-refractivity contribution is 5.73. The Labute approximate surface area is 784 Å². The number of carbonyl (C=O) groups excluding carboxylic acids is 2. The third-order valence-corrected chi connectivity index (χ3v) is 25.9. The van der Waals surface area contributed by atoms with E-state index in [0.29, 0.717) is 0 Å². The van der Waals surface area contributed by atoms with E-state index in [1.807, 2.05) is 0 Å². The number of rotatable bonds is 36. The van der Waals surface area contributed by atoms with Gasteiger partial charge in [-0.05, 0) is 0 Å². The molecule has 63 heteroatoms. The molecular weight excluding hydrogens is 1920 g/mol. The van der Waals surface area contributed by atoms with Crippen LogP contribution in [0.25, 0.3) is 0 Å². The summed E-state index contributed by atoms with van der Waals surface area (Å²) in [5, 5.41) is 408. The van der Waals surface area contributed by atoms with Crippen LogP contribution in [-0.2, 0) is 119 Å². The van der Waals surface area contributed by atoms with Crippen molar-refractivity contribution in [2.24, 2.45) is 0 Å². The van der Waals surface area contributed by atoms with Crippen molar-refractivity contribution in [3.63, 3.8) is 0 Å². The molecule has 139 heavy (non-hydrogen) atoms. The lowest BCUT2D eigenvalue weighted by Gasteiger charge is -2.51. The second-order valence-corrected chi connectivity index (χ2v) is 35.2. The van der Waals surface area contributed by atoms with E-state index in [4.69, 9.17) is 109 Å². The van der Waals surface area contributed by atoms with Crippen LogP contribution < -0.4 is 10.6 Å². The second-order valence-electron chi connectivity index (χ2n) is 35.2. The van der Waals surface area contributed by atoms with Gasteiger partial charge in [-0.25, -0.2) is 0 Å². The lowest BCUT2D eigenvalue weighted by molar-refractivity contribution is -0.411. The number of amides is 2. The van der Waals surface area contributed by atoms with Crippen LogP contribution in [0.15, 0.2) is 0 Å². The van der Waals surface area contributed by atoms with Gasteiger partial charge < -0.3 is 303 Å². The van der Waals surface area contributed by atoms with E-state index in [2.05, 4.69) is 10.6 Å². The van der Waals surface area contributed by atoms with Crippen molar-refractivity contribution in [1.29, 1.82) is 0 Å². The normalized spacial score (nSPS) is 51.9. The van der Waals surface area contributed by atoms with E-state index in [-0.39, 0.29) is 0 Å². The van der Waals surface area contributed by atoms with Crippen LogP contribution in [0.2, 0.25) is 0 Å². The minimum Gasteiger partial charge on any atom is -0.394 e. The van der Waals surface area contributed by atoms with Crippen molar-refractivity contribution in [3.8, 4) is 0 Å². The zero-order valence-electron chi connectivity index (χ0n) is 73.4. The van der Waals surface area contributed by atoms with Gasteiger partial charge in [-0.15, -0.1) is 0 Å². The summed E-state index contributed by atoms with van der Waals surface area (Å²) in [5.41, 5.74) is 0. The average molecular weight is 2050 g/mol. The Kier molecular flexibility index (Phi) is 41.0. The molecule has 0 bridgehead atoms. The molecule has 0 aliphatic carbocycles. The van der Waals surface area contributed by atoms with Crippen molar-refractivity contribution >= 4 is 11.8 Å². The highest BCUT2D eigenvalue weighted by atomic mass is 16.8. The zero-order chi connectivity index (χ0) is 102. The summed E-state index contributed by atoms with van der Waals surface area (Å²) in [6.45, 7) is -12.4. The number of nitrogens with one attached hydrogen (secondary N) is 2. The SMILES string of the molecule is CC(=O)N[C@H]1C(O)O[C@H](CO)[C@@H](OC2O[C@H](CO)[C@@H](OC3O[C@H](COC4O[C@H](COC5O[C@H](CO)[C@@H](O)[C@H](O)[C@@H]5OC5O[C@H](CO)[C@@H](O)[C@H](O)[C@@H]5O)[C@@H](O)[C@H](OC5O[C@H](CO)[C@@H](O)[C@H](O)[C@@H]5OC5O[C@H](CO)[C@@H](O)[C@H](O)[C@@H]5O)[C@@H]4O)[C@@H](O)[C@H](OC4O[C@H](CO)[C@@H](O)[C@H](O)[C@@H]4OC4O[C@H](CO)[C@@H](O)[C@H](O)[C@@H]4OC4O[C@H](CO)[C@@H](O)[C@H](OC5O[C@H](CO)[C@@H](O)[C@H](O)[C@H]5O)[C@@H]4O)[C@@H]3O)[C@H](O)[C@H]2NC(C)=O)[C@@H]1O. The number of hydrogen-bond acceptors (Lipinski definition) is 61. The van der Waals surface area contributed by atoms with E-state index in [9.17, 15) is 193 Å². The summed E-state index contributed by atoms with van der Waals surface area (Å²) in [4.78, 5) is 25.5. The van der Waals surface area contributed by atoms with Gasteiger partial charge in [0.25, 0.3) is 0 Å². The Morgan fingerprint density at radius 1 is 0.187 bits per heavy atom. The maximum atomic E-state index is 13.2. The topological polar surface area (TPSA) is 999 Å². The first kappa shape index (κ1) is 114. The van der Waals surface area contributed by atoms with Crippen LogP contribution in [0.4, 0.5) is 0 Å². The van der Waals surface area contributed by atoms with Crippen molar-refractivity contribution in [2.75, 3.05) is 79.3 Å². The first-order valence-electron chi connectivity index (χ1n) is 44.2. The Hall–Kier alpha value is -3.42. The van der Waals surface area contributed by atoms with Crippen molar-refractivity contribution in [3.05, 3.63) is 0 Å². The van der Waals surface area contributed by atoms with E-state index < -0.39 is 459 Å².